The average molecular weight is 269 g/mol. The first kappa shape index (κ1) is 14.1. The molecule has 104 valence electrons. The molecule has 0 radical (unpaired) electrons. The fourth-order valence-corrected chi connectivity index (χ4v) is 1.83. The van der Waals surface area contributed by atoms with Crippen molar-refractivity contribution in [1.29, 1.82) is 0 Å². The lowest BCUT2D eigenvalue weighted by Gasteiger charge is -2.09. The largest absolute Gasteiger partial charge is 0.507 e. The second kappa shape index (κ2) is 6.75. The standard InChI is InChI=1S/C17H19NO2/c1-3-9-20-16-10-13(2)17(19)14(11-16)12-18-15-7-5-4-6-8-15/h4-8,10-12,19H,3,9H2,1-2H3. The van der Waals surface area contributed by atoms with Gasteiger partial charge in [-0.1, -0.05) is 25.1 Å². The van der Waals surface area contributed by atoms with E-state index >= 15 is 0 Å². The fraction of sp³-hybridized carbons (Fsp3) is 0.235. The summed E-state index contributed by atoms with van der Waals surface area (Å²) in [7, 11) is 0. The molecule has 0 amide bonds. The number of rotatable bonds is 5. The first-order chi connectivity index (χ1) is 9.70. The van der Waals surface area contributed by atoms with Gasteiger partial charge in [0.15, 0.2) is 0 Å². The second-order valence-electron chi connectivity index (χ2n) is 4.62. The van der Waals surface area contributed by atoms with Crippen molar-refractivity contribution in [1.82, 2.24) is 0 Å². The smallest absolute Gasteiger partial charge is 0.127 e. The van der Waals surface area contributed by atoms with Gasteiger partial charge in [-0.3, -0.25) is 4.99 Å². The van der Waals surface area contributed by atoms with E-state index in [1.807, 2.05) is 49.4 Å². The maximum atomic E-state index is 10.1. The second-order valence-corrected chi connectivity index (χ2v) is 4.62. The van der Waals surface area contributed by atoms with E-state index in [-0.39, 0.29) is 5.75 Å². The maximum absolute atomic E-state index is 10.1. The molecule has 2 aromatic carbocycles. The third-order valence-corrected chi connectivity index (χ3v) is 2.89. The number of phenols is 1. The molecule has 0 heterocycles. The molecule has 3 nitrogen and oxygen atoms in total. The van der Waals surface area contributed by atoms with E-state index in [9.17, 15) is 5.11 Å². The van der Waals surface area contributed by atoms with E-state index in [1.165, 1.54) is 0 Å². The van der Waals surface area contributed by atoms with E-state index in [0.717, 1.165) is 23.4 Å². The summed E-state index contributed by atoms with van der Waals surface area (Å²) < 4.78 is 5.61. The van der Waals surface area contributed by atoms with Gasteiger partial charge >= 0.3 is 0 Å². The zero-order valence-corrected chi connectivity index (χ0v) is 11.8. The van der Waals surface area contributed by atoms with Gasteiger partial charge in [-0.15, -0.1) is 0 Å². The fourth-order valence-electron chi connectivity index (χ4n) is 1.83. The van der Waals surface area contributed by atoms with E-state index in [4.69, 9.17) is 4.74 Å². The molecule has 0 saturated heterocycles. The van der Waals surface area contributed by atoms with Crippen LogP contribution in [-0.2, 0) is 0 Å². The summed E-state index contributed by atoms with van der Waals surface area (Å²) in [5.74, 6) is 1.00. The van der Waals surface area contributed by atoms with Gasteiger partial charge in [0, 0.05) is 11.8 Å². The molecule has 1 N–H and O–H groups in total. The van der Waals surface area contributed by atoms with Crippen LogP contribution < -0.4 is 4.74 Å². The molecule has 0 aliphatic carbocycles. The van der Waals surface area contributed by atoms with Crippen LogP contribution in [-0.4, -0.2) is 17.9 Å². The van der Waals surface area contributed by atoms with E-state index in [1.54, 1.807) is 6.21 Å². The topological polar surface area (TPSA) is 41.8 Å². The van der Waals surface area contributed by atoms with Crippen molar-refractivity contribution < 1.29 is 9.84 Å². The van der Waals surface area contributed by atoms with Crippen LogP contribution in [0.2, 0.25) is 0 Å². The molecule has 0 spiro atoms. The molecule has 0 aromatic heterocycles. The van der Waals surface area contributed by atoms with Gasteiger partial charge in [0.05, 0.1) is 12.3 Å². The van der Waals surface area contributed by atoms with Crippen LogP contribution in [0.1, 0.15) is 24.5 Å². The number of aromatic hydroxyl groups is 1. The van der Waals surface area contributed by atoms with Gasteiger partial charge < -0.3 is 9.84 Å². The Morgan fingerprint density at radius 2 is 1.95 bits per heavy atom. The molecular formula is C17H19NO2. The Morgan fingerprint density at radius 1 is 1.20 bits per heavy atom. The highest BCUT2D eigenvalue weighted by atomic mass is 16.5. The summed E-state index contributed by atoms with van der Waals surface area (Å²) in [6.45, 7) is 4.58. The lowest BCUT2D eigenvalue weighted by Crippen LogP contribution is -1.97. The molecular weight excluding hydrogens is 250 g/mol. The summed E-state index contributed by atoms with van der Waals surface area (Å²) >= 11 is 0. The Labute approximate surface area is 119 Å². The van der Waals surface area contributed by atoms with Crippen LogP contribution in [0.25, 0.3) is 0 Å². The van der Waals surface area contributed by atoms with E-state index in [0.29, 0.717) is 12.2 Å². The molecule has 20 heavy (non-hydrogen) atoms. The van der Waals surface area contributed by atoms with Crippen molar-refractivity contribution in [2.75, 3.05) is 6.61 Å². The maximum Gasteiger partial charge on any atom is 0.127 e. The van der Waals surface area contributed by atoms with Crippen LogP contribution in [0.5, 0.6) is 11.5 Å². The molecule has 0 unspecified atom stereocenters. The van der Waals surface area contributed by atoms with Gasteiger partial charge in [0.25, 0.3) is 0 Å². The number of hydrogen-bond donors (Lipinski definition) is 1. The first-order valence-corrected chi connectivity index (χ1v) is 6.76. The normalized spacial score (nSPS) is 10.9. The third kappa shape index (κ3) is 3.60. The van der Waals surface area contributed by atoms with Crippen molar-refractivity contribution in [2.24, 2.45) is 4.99 Å². The van der Waals surface area contributed by atoms with Gasteiger partial charge in [-0.2, -0.15) is 0 Å². The van der Waals surface area contributed by atoms with E-state index in [2.05, 4.69) is 11.9 Å². The van der Waals surface area contributed by atoms with Crippen LogP contribution >= 0.6 is 0 Å². The quantitative estimate of drug-likeness (QED) is 0.825. The number of benzene rings is 2. The minimum absolute atomic E-state index is 0.244. The lowest BCUT2D eigenvalue weighted by molar-refractivity contribution is 0.316. The number of aliphatic imine (C=N–C) groups is 1. The molecule has 0 aliphatic rings. The molecule has 3 heteroatoms. The van der Waals surface area contributed by atoms with Crippen LogP contribution in [0.15, 0.2) is 47.5 Å². The summed E-state index contributed by atoms with van der Waals surface area (Å²) in [6.07, 6.45) is 2.61. The van der Waals surface area contributed by atoms with Crippen LogP contribution in [0, 0.1) is 6.92 Å². The molecule has 0 saturated carbocycles. The van der Waals surface area contributed by atoms with Crippen molar-refractivity contribution in [2.45, 2.75) is 20.3 Å². The van der Waals surface area contributed by atoms with Gasteiger partial charge in [-0.05, 0) is 43.2 Å². The molecule has 0 atom stereocenters. The average Bonchev–Trinajstić information content (AvgIpc) is 2.48. The Balaban J connectivity index is 2.26. The van der Waals surface area contributed by atoms with Crippen molar-refractivity contribution in [3.63, 3.8) is 0 Å². The number of aryl methyl sites for hydroxylation is 1. The predicted molar refractivity (Wildman–Crippen MR) is 82.3 cm³/mol. The summed E-state index contributed by atoms with van der Waals surface area (Å²) in [4.78, 5) is 4.36. The minimum Gasteiger partial charge on any atom is -0.507 e. The number of nitrogens with zero attached hydrogens (tertiary/aromatic N) is 1. The molecule has 0 aliphatic heterocycles. The SMILES string of the molecule is CCCOc1cc(C)c(O)c(C=Nc2ccccc2)c1. The highest BCUT2D eigenvalue weighted by molar-refractivity contribution is 5.86. The van der Waals surface area contributed by atoms with Crippen molar-refractivity contribution in [3.05, 3.63) is 53.6 Å². The molecule has 0 bridgehead atoms. The summed E-state index contributed by atoms with van der Waals surface area (Å²) in [5, 5.41) is 10.1. The van der Waals surface area contributed by atoms with Crippen molar-refractivity contribution >= 4 is 11.9 Å². The number of ether oxygens (including phenoxy) is 1. The Morgan fingerprint density at radius 3 is 2.65 bits per heavy atom. The van der Waals surface area contributed by atoms with E-state index < -0.39 is 0 Å². The Kier molecular flexibility index (Phi) is 4.77. The van der Waals surface area contributed by atoms with Crippen LogP contribution in [0.4, 0.5) is 5.69 Å². The number of hydrogen-bond acceptors (Lipinski definition) is 3. The van der Waals surface area contributed by atoms with Gasteiger partial charge in [-0.25, -0.2) is 0 Å². The summed E-state index contributed by atoms with van der Waals surface area (Å²) in [5.41, 5.74) is 2.30. The monoisotopic (exact) mass is 269 g/mol. The molecule has 0 fully saturated rings. The zero-order chi connectivity index (χ0) is 14.4. The van der Waals surface area contributed by atoms with Crippen LogP contribution in [0.3, 0.4) is 0 Å². The highest BCUT2D eigenvalue weighted by Gasteiger charge is 2.06. The Bertz CT molecular complexity index is 591. The predicted octanol–water partition coefficient (Wildman–Crippen LogP) is 4.24. The molecule has 2 rings (SSSR count). The van der Waals surface area contributed by atoms with Crippen molar-refractivity contribution in [3.8, 4) is 11.5 Å². The summed E-state index contributed by atoms with van der Waals surface area (Å²) in [6, 6.07) is 13.3. The number of phenolic OH excluding ortho intramolecular Hbond substituents is 1. The van der Waals surface area contributed by atoms with Gasteiger partial charge in [0.1, 0.15) is 11.5 Å². The molecule has 2 aromatic rings. The Hall–Kier alpha value is -2.29. The third-order valence-electron chi connectivity index (χ3n) is 2.89. The minimum atomic E-state index is 0.244. The lowest BCUT2D eigenvalue weighted by atomic mass is 10.1. The number of para-hydroxylation sites is 1. The van der Waals surface area contributed by atoms with Gasteiger partial charge in [0.2, 0.25) is 0 Å². The zero-order valence-electron chi connectivity index (χ0n) is 11.8. The first-order valence-electron chi connectivity index (χ1n) is 6.76. The highest BCUT2D eigenvalue weighted by Crippen LogP contribution is 2.27.